The zero-order chi connectivity index (χ0) is 11.8. The second kappa shape index (κ2) is 4.02. The first kappa shape index (κ1) is 11.3. The highest BCUT2D eigenvalue weighted by molar-refractivity contribution is 5.02. The number of halogens is 3. The number of alkyl halides is 3. The van der Waals surface area contributed by atoms with Gasteiger partial charge in [0.25, 0.3) is 0 Å². The van der Waals surface area contributed by atoms with Gasteiger partial charge < -0.3 is 9.67 Å². The maximum absolute atomic E-state index is 12.5. The van der Waals surface area contributed by atoms with Crippen LogP contribution >= 0.6 is 0 Å². The molecule has 0 atom stereocenters. The van der Waals surface area contributed by atoms with E-state index in [1.807, 2.05) is 4.90 Å². The lowest BCUT2D eigenvalue weighted by atomic mass is 10.3. The van der Waals surface area contributed by atoms with Gasteiger partial charge in [-0.1, -0.05) is 0 Å². The van der Waals surface area contributed by atoms with Crippen LogP contribution in [-0.4, -0.2) is 44.5 Å². The molecule has 0 aliphatic carbocycles. The normalized spacial score (nSPS) is 17.5. The number of aliphatic hydroxyl groups is 1. The lowest BCUT2D eigenvalue weighted by molar-refractivity contribution is -0.148. The molecule has 0 spiro atoms. The lowest BCUT2D eigenvalue weighted by Gasteiger charge is -2.26. The Morgan fingerprint density at radius 3 is 2.62 bits per heavy atom. The second-order valence-corrected chi connectivity index (χ2v) is 3.59. The van der Waals surface area contributed by atoms with E-state index in [2.05, 4.69) is 10.2 Å². The third-order valence-corrected chi connectivity index (χ3v) is 2.50. The van der Waals surface area contributed by atoms with Crippen molar-refractivity contribution in [3.8, 4) is 0 Å². The Balaban J connectivity index is 2.20. The summed E-state index contributed by atoms with van der Waals surface area (Å²) < 4.78 is 38.5. The highest BCUT2D eigenvalue weighted by Gasteiger charge is 2.39. The van der Waals surface area contributed by atoms with Crippen molar-refractivity contribution in [2.45, 2.75) is 19.3 Å². The summed E-state index contributed by atoms with van der Waals surface area (Å²) in [5.41, 5.74) is 0. The first-order valence-corrected chi connectivity index (χ1v) is 4.85. The van der Waals surface area contributed by atoms with E-state index in [0.29, 0.717) is 25.5 Å². The monoisotopic (exact) mass is 236 g/mol. The van der Waals surface area contributed by atoms with Crippen LogP contribution in [0.25, 0.3) is 0 Å². The van der Waals surface area contributed by atoms with Gasteiger partial charge in [-0.3, -0.25) is 4.90 Å². The summed E-state index contributed by atoms with van der Waals surface area (Å²) in [6.45, 7) is 1.39. The van der Waals surface area contributed by atoms with Gasteiger partial charge in [0.05, 0.1) is 13.2 Å². The maximum atomic E-state index is 12.5. The molecule has 2 heterocycles. The molecule has 0 radical (unpaired) electrons. The molecule has 0 amide bonds. The molecule has 1 aliphatic rings. The van der Waals surface area contributed by atoms with Gasteiger partial charge in [-0.2, -0.15) is 13.2 Å². The van der Waals surface area contributed by atoms with Crippen LogP contribution in [0, 0.1) is 0 Å². The Morgan fingerprint density at radius 2 is 2.00 bits per heavy atom. The number of hydrogen-bond donors (Lipinski definition) is 1. The van der Waals surface area contributed by atoms with Crippen LogP contribution in [0.5, 0.6) is 0 Å². The van der Waals surface area contributed by atoms with Gasteiger partial charge in [0, 0.05) is 19.6 Å². The van der Waals surface area contributed by atoms with E-state index in [9.17, 15) is 13.2 Å². The first-order chi connectivity index (χ1) is 7.52. The van der Waals surface area contributed by atoms with Gasteiger partial charge in [-0.05, 0) is 0 Å². The van der Waals surface area contributed by atoms with Crippen LogP contribution in [0.1, 0.15) is 11.6 Å². The van der Waals surface area contributed by atoms with E-state index < -0.39 is 12.0 Å². The van der Waals surface area contributed by atoms with Crippen molar-refractivity contribution in [3.63, 3.8) is 0 Å². The molecular weight excluding hydrogens is 225 g/mol. The second-order valence-electron chi connectivity index (χ2n) is 3.59. The van der Waals surface area contributed by atoms with E-state index in [-0.39, 0.29) is 13.2 Å². The minimum atomic E-state index is -4.45. The number of nitrogens with zero attached hydrogens (tertiary/aromatic N) is 4. The van der Waals surface area contributed by atoms with Crippen LogP contribution in [-0.2, 0) is 19.3 Å². The smallest absolute Gasteiger partial charge is 0.395 e. The van der Waals surface area contributed by atoms with E-state index in [4.69, 9.17) is 5.11 Å². The average molecular weight is 236 g/mol. The Morgan fingerprint density at radius 1 is 1.25 bits per heavy atom. The fraction of sp³-hybridized carbons (Fsp3) is 0.750. The molecule has 2 rings (SSSR count). The minimum Gasteiger partial charge on any atom is -0.395 e. The highest BCUT2D eigenvalue weighted by atomic mass is 19.4. The summed E-state index contributed by atoms with van der Waals surface area (Å²) in [5.74, 6) is -0.641. The van der Waals surface area contributed by atoms with Crippen LogP contribution in [0.2, 0.25) is 0 Å². The molecule has 1 N–H and O–H groups in total. The van der Waals surface area contributed by atoms with E-state index >= 15 is 0 Å². The fourth-order valence-electron chi connectivity index (χ4n) is 1.75. The third-order valence-electron chi connectivity index (χ3n) is 2.50. The van der Waals surface area contributed by atoms with Crippen molar-refractivity contribution in [1.82, 2.24) is 19.7 Å². The number of rotatable bonds is 2. The van der Waals surface area contributed by atoms with Crippen molar-refractivity contribution in [1.29, 1.82) is 0 Å². The summed E-state index contributed by atoms with van der Waals surface area (Å²) in [6.07, 6.45) is -4.45. The summed E-state index contributed by atoms with van der Waals surface area (Å²) in [6, 6.07) is 0. The van der Waals surface area contributed by atoms with Gasteiger partial charge in [0.1, 0.15) is 5.82 Å². The Bertz CT molecular complexity index is 376. The number of β-amino-alcohol motifs (C(OH)–C–C–N with tert-alkyl or cyclic N) is 1. The number of aromatic nitrogens is 3. The van der Waals surface area contributed by atoms with Gasteiger partial charge in [0.2, 0.25) is 5.82 Å². The molecule has 5 nitrogen and oxygen atoms in total. The van der Waals surface area contributed by atoms with Crippen molar-refractivity contribution >= 4 is 0 Å². The highest BCUT2D eigenvalue weighted by Crippen LogP contribution is 2.29. The van der Waals surface area contributed by atoms with Gasteiger partial charge in [-0.15, -0.1) is 10.2 Å². The van der Waals surface area contributed by atoms with Crippen LogP contribution in [0.15, 0.2) is 0 Å². The minimum absolute atomic E-state index is 0.0136. The van der Waals surface area contributed by atoms with Crippen LogP contribution < -0.4 is 0 Å². The molecule has 0 fully saturated rings. The molecule has 0 unspecified atom stereocenters. The van der Waals surface area contributed by atoms with Crippen molar-refractivity contribution in [2.24, 2.45) is 0 Å². The standard InChI is InChI=1S/C8H11F3N4O/c9-8(10,11)7-13-12-6-5-14(3-4-16)1-2-15(6)7/h16H,1-5H2. The third kappa shape index (κ3) is 2.03. The molecule has 0 saturated heterocycles. The summed E-state index contributed by atoms with van der Waals surface area (Å²) in [5, 5.41) is 15.4. The summed E-state index contributed by atoms with van der Waals surface area (Å²) in [7, 11) is 0. The van der Waals surface area contributed by atoms with E-state index in [1.54, 1.807) is 0 Å². The summed E-state index contributed by atoms with van der Waals surface area (Å²) in [4.78, 5) is 1.84. The Labute approximate surface area is 89.5 Å². The molecular formula is C8H11F3N4O. The SMILES string of the molecule is OCCN1CCn2c(nnc2C(F)(F)F)C1. The summed E-state index contributed by atoms with van der Waals surface area (Å²) >= 11 is 0. The maximum Gasteiger partial charge on any atom is 0.451 e. The van der Waals surface area contributed by atoms with Gasteiger partial charge >= 0.3 is 6.18 Å². The lowest BCUT2D eigenvalue weighted by Crippen LogP contribution is -2.36. The van der Waals surface area contributed by atoms with Crippen molar-refractivity contribution in [2.75, 3.05) is 19.7 Å². The number of aliphatic hydroxyl groups excluding tert-OH is 1. The predicted molar refractivity (Wildman–Crippen MR) is 47.4 cm³/mol. The molecule has 1 aliphatic heterocycles. The Hall–Kier alpha value is -1.15. The topological polar surface area (TPSA) is 54.2 Å². The number of hydrogen-bond acceptors (Lipinski definition) is 4. The molecule has 0 saturated carbocycles. The molecule has 0 bridgehead atoms. The Kier molecular flexibility index (Phi) is 2.85. The van der Waals surface area contributed by atoms with Crippen LogP contribution in [0.4, 0.5) is 13.2 Å². The fourth-order valence-corrected chi connectivity index (χ4v) is 1.75. The molecule has 16 heavy (non-hydrogen) atoms. The zero-order valence-electron chi connectivity index (χ0n) is 8.41. The van der Waals surface area contributed by atoms with Gasteiger partial charge in [-0.25, -0.2) is 0 Å². The predicted octanol–water partition coefficient (Wildman–Crippen LogP) is 0.105. The van der Waals surface area contributed by atoms with Crippen LogP contribution in [0.3, 0.4) is 0 Å². The molecule has 90 valence electrons. The molecule has 0 aromatic carbocycles. The molecule has 1 aromatic heterocycles. The van der Waals surface area contributed by atoms with E-state index in [0.717, 1.165) is 4.57 Å². The zero-order valence-corrected chi connectivity index (χ0v) is 8.41. The van der Waals surface area contributed by atoms with Crippen molar-refractivity contribution in [3.05, 3.63) is 11.6 Å². The van der Waals surface area contributed by atoms with Gasteiger partial charge in [0.15, 0.2) is 0 Å². The average Bonchev–Trinajstić information content (AvgIpc) is 2.60. The van der Waals surface area contributed by atoms with E-state index in [1.165, 1.54) is 0 Å². The molecule has 8 heteroatoms. The largest absolute Gasteiger partial charge is 0.451 e. The first-order valence-electron chi connectivity index (χ1n) is 4.85. The number of fused-ring (bicyclic) bond motifs is 1. The quantitative estimate of drug-likeness (QED) is 0.791. The van der Waals surface area contributed by atoms with Crippen molar-refractivity contribution < 1.29 is 18.3 Å². The molecule has 1 aromatic rings.